The van der Waals surface area contributed by atoms with Crippen LogP contribution in [0.15, 0.2) is 53.4 Å². The third-order valence-corrected chi connectivity index (χ3v) is 6.12. The topological polar surface area (TPSA) is 103 Å². The normalized spacial score (nSPS) is 12.5. The number of hydrogen-bond acceptors (Lipinski definition) is 6. The Kier molecular flexibility index (Phi) is 5.73. The third kappa shape index (κ3) is 4.81. The van der Waals surface area contributed by atoms with E-state index in [9.17, 15) is 21.6 Å². The van der Waals surface area contributed by atoms with Crippen molar-refractivity contribution in [2.24, 2.45) is 0 Å². The van der Waals surface area contributed by atoms with E-state index in [0.717, 1.165) is 16.5 Å². The molecule has 3 aromatic heterocycles. The van der Waals surface area contributed by atoms with Crippen LogP contribution < -0.4 is 4.72 Å². The van der Waals surface area contributed by atoms with Gasteiger partial charge in [-0.2, -0.15) is 18.2 Å². The van der Waals surface area contributed by atoms with Crippen LogP contribution in [0.2, 0.25) is 0 Å². The van der Waals surface area contributed by atoms with Crippen LogP contribution in [0.5, 0.6) is 0 Å². The van der Waals surface area contributed by atoms with E-state index in [1.807, 2.05) is 17.7 Å². The molecule has 0 fully saturated rings. The van der Waals surface area contributed by atoms with Crippen molar-refractivity contribution in [3.8, 4) is 11.4 Å². The van der Waals surface area contributed by atoms with E-state index < -0.39 is 22.1 Å². The molecule has 1 N–H and O–H groups in total. The molecule has 0 spiro atoms. The number of nitrogens with zero attached hydrogens (tertiary/aromatic N) is 4. The summed E-state index contributed by atoms with van der Waals surface area (Å²) >= 11 is 0. The Labute approximate surface area is 181 Å². The lowest BCUT2D eigenvalue weighted by molar-refractivity contribution is -0.159. The van der Waals surface area contributed by atoms with Gasteiger partial charge < -0.3 is 9.09 Å². The summed E-state index contributed by atoms with van der Waals surface area (Å²) in [7, 11) is -3.53. The standard InChI is InChI=1S/C20H18F3N5O3S/c1-13-11-28(8-7-25-32(29,30)12-14-3-2-6-24-10-14)17-5-4-15(9-16(13)17)18-26-19(31-27-18)20(21,22)23/h2-6,9-11,25H,7-8,12H2,1H3. The Balaban J connectivity index is 1.48. The van der Waals surface area contributed by atoms with Gasteiger partial charge in [-0.3, -0.25) is 4.98 Å². The number of fused-ring (bicyclic) bond motifs is 1. The van der Waals surface area contributed by atoms with Gasteiger partial charge in [-0.25, -0.2) is 13.1 Å². The number of sulfonamides is 1. The molecule has 4 rings (SSSR count). The molecule has 0 saturated carbocycles. The van der Waals surface area contributed by atoms with Crippen LogP contribution in [0.3, 0.4) is 0 Å². The first kappa shape index (κ1) is 22.0. The molecule has 168 valence electrons. The molecule has 1 aromatic carbocycles. The van der Waals surface area contributed by atoms with Crippen LogP contribution in [0.1, 0.15) is 17.0 Å². The van der Waals surface area contributed by atoms with Gasteiger partial charge in [-0.15, -0.1) is 0 Å². The van der Waals surface area contributed by atoms with Gasteiger partial charge in [0, 0.05) is 48.1 Å². The highest BCUT2D eigenvalue weighted by molar-refractivity contribution is 7.88. The van der Waals surface area contributed by atoms with Crippen molar-refractivity contribution in [1.82, 2.24) is 24.4 Å². The number of benzene rings is 1. The third-order valence-electron chi connectivity index (χ3n) is 4.76. The quantitative estimate of drug-likeness (QED) is 0.448. The Bertz CT molecular complexity index is 1350. The summed E-state index contributed by atoms with van der Waals surface area (Å²) in [6.07, 6.45) is 0.212. The molecule has 0 aliphatic carbocycles. The molecule has 0 aliphatic rings. The van der Waals surface area contributed by atoms with E-state index in [0.29, 0.717) is 17.7 Å². The van der Waals surface area contributed by atoms with Crippen molar-refractivity contribution in [3.63, 3.8) is 0 Å². The second-order valence-electron chi connectivity index (χ2n) is 7.17. The van der Waals surface area contributed by atoms with Crippen molar-refractivity contribution in [2.45, 2.75) is 25.4 Å². The summed E-state index contributed by atoms with van der Waals surface area (Å²) in [6.45, 7) is 2.40. The SMILES string of the molecule is Cc1cn(CCNS(=O)(=O)Cc2cccnc2)c2ccc(-c3noc(C(F)(F)F)n3)cc12. The Morgan fingerprint density at radius 2 is 2.03 bits per heavy atom. The van der Waals surface area contributed by atoms with Gasteiger partial charge in [0.25, 0.3) is 0 Å². The van der Waals surface area contributed by atoms with Crippen LogP contribution >= 0.6 is 0 Å². The van der Waals surface area contributed by atoms with Crippen molar-refractivity contribution in [1.29, 1.82) is 0 Å². The molecule has 12 heteroatoms. The summed E-state index contributed by atoms with van der Waals surface area (Å²) in [5, 5.41) is 4.20. The Hall–Kier alpha value is -3.25. The van der Waals surface area contributed by atoms with Crippen molar-refractivity contribution >= 4 is 20.9 Å². The molecule has 0 saturated heterocycles. The zero-order chi connectivity index (χ0) is 22.9. The number of aryl methyl sites for hydroxylation is 1. The van der Waals surface area contributed by atoms with Crippen molar-refractivity contribution in [2.75, 3.05) is 6.54 Å². The summed E-state index contributed by atoms with van der Waals surface area (Å²) < 4.78 is 71.4. The first-order chi connectivity index (χ1) is 15.1. The highest BCUT2D eigenvalue weighted by Gasteiger charge is 2.38. The van der Waals surface area contributed by atoms with Gasteiger partial charge in [0.05, 0.1) is 5.75 Å². The molecule has 4 aromatic rings. The fourth-order valence-electron chi connectivity index (χ4n) is 3.33. The zero-order valence-electron chi connectivity index (χ0n) is 16.8. The van der Waals surface area contributed by atoms with Crippen LogP contribution in [0.4, 0.5) is 13.2 Å². The number of alkyl halides is 3. The van der Waals surface area contributed by atoms with Gasteiger partial charge in [0.1, 0.15) is 0 Å². The summed E-state index contributed by atoms with van der Waals surface area (Å²) in [6, 6.07) is 8.36. The molecule has 32 heavy (non-hydrogen) atoms. The molecule has 0 atom stereocenters. The summed E-state index contributed by atoms with van der Waals surface area (Å²) in [5.74, 6) is -1.73. The maximum atomic E-state index is 12.7. The lowest BCUT2D eigenvalue weighted by atomic mass is 10.1. The predicted molar refractivity (Wildman–Crippen MR) is 110 cm³/mol. The fraction of sp³-hybridized carbons (Fsp3) is 0.250. The van der Waals surface area contributed by atoms with Gasteiger partial charge in [-0.05, 0) is 42.3 Å². The maximum absolute atomic E-state index is 12.7. The van der Waals surface area contributed by atoms with E-state index in [4.69, 9.17) is 0 Å². The first-order valence-electron chi connectivity index (χ1n) is 9.49. The van der Waals surface area contributed by atoms with Gasteiger partial charge in [-0.1, -0.05) is 11.2 Å². The lowest BCUT2D eigenvalue weighted by Crippen LogP contribution is -2.28. The Morgan fingerprint density at radius 3 is 2.72 bits per heavy atom. The largest absolute Gasteiger partial charge is 0.471 e. The highest BCUT2D eigenvalue weighted by atomic mass is 32.2. The minimum atomic E-state index is -4.71. The number of nitrogens with one attached hydrogen (secondary N) is 1. The number of aromatic nitrogens is 4. The van der Waals surface area contributed by atoms with E-state index in [2.05, 4.69) is 24.4 Å². The van der Waals surface area contributed by atoms with Crippen LogP contribution in [0.25, 0.3) is 22.3 Å². The molecular weight excluding hydrogens is 447 g/mol. The van der Waals surface area contributed by atoms with E-state index in [-0.39, 0.29) is 18.1 Å². The molecular formula is C20H18F3N5O3S. The minimum Gasteiger partial charge on any atom is -0.346 e. The monoisotopic (exact) mass is 465 g/mol. The number of rotatable bonds is 7. The van der Waals surface area contributed by atoms with Gasteiger partial charge in [0.2, 0.25) is 15.8 Å². The molecule has 3 heterocycles. The second kappa shape index (κ2) is 8.36. The zero-order valence-corrected chi connectivity index (χ0v) is 17.6. The molecule has 0 bridgehead atoms. The molecule has 0 aliphatic heterocycles. The minimum absolute atomic E-state index is 0.158. The van der Waals surface area contributed by atoms with E-state index in [1.165, 1.54) is 6.20 Å². The van der Waals surface area contributed by atoms with Crippen molar-refractivity contribution < 1.29 is 26.1 Å². The maximum Gasteiger partial charge on any atom is 0.471 e. The smallest absolute Gasteiger partial charge is 0.346 e. The molecule has 8 nitrogen and oxygen atoms in total. The van der Waals surface area contributed by atoms with E-state index >= 15 is 0 Å². The van der Waals surface area contributed by atoms with Gasteiger partial charge >= 0.3 is 12.1 Å². The van der Waals surface area contributed by atoms with Crippen LogP contribution in [-0.4, -0.2) is 34.7 Å². The first-order valence-corrected chi connectivity index (χ1v) is 11.1. The number of halogens is 3. The van der Waals surface area contributed by atoms with Crippen LogP contribution in [0, 0.1) is 6.92 Å². The second-order valence-corrected chi connectivity index (χ2v) is 8.98. The Morgan fingerprint density at radius 1 is 1.22 bits per heavy atom. The summed E-state index contributed by atoms with van der Waals surface area (Å²) in [4.78, 5) is 7.32. The molecule has 0 amide bonds. The van der Waals surface area contributed by atoms with Crippen molar-refractivity contribution in [3.05, 3.63) is 65.9 Å². The average molecular weight is 465 g/mol. The highest BCUT2D eigenvalue weighted by Crippen LogP contribution is 2.31. The predicted octanol–water partition coefficient (Wildman–Crippen LogP) is 3.53. The summed E-state index contributed by atoms with van der Waals surface area (Å²) in [5.41, 5.74) is 2.65. The fourth-order valence-corrected chi connectivity index (χ4v) is 4.44. The average Bonchev–Trinajstić information content (AvgIpc) is 3.34. The van der Waals surface area contributed by atoms with Crippen LogP contribution in [-0.2, 0) is 28.5 Å². The number of pyridine rings is 1. The molecule has 0 unspecified atom stereocenters. The van der Waals surface area contributed by atoms with E-state index in [1.54, 1.807) is 36.5 Å². The van der Waals surface area contributed by atoms with Gasteiger partial charge in [0.15, 0.2) is 0 Å². The number of hydrogen-bond donors (Lipinski definition) is 1. The molecule has 0 radical (unpaired) electrons. The lowest BCUT2D eigenvalue weighted by Gasteiger charge is -2.09.